The Balaban J connectivity index is 2.41. The average Bonchev–Trinajstić information content (AvgIpc) is 2.15. The molecule has 2 N–H and O–H groups in total. The highest BCUT2D eigenvalue weighted by atomic mass is 16.4. The fourth-order valence-corrected chi connectivity index (χ4v) is 1.84. The van der Waals surface area contributed by atoms with Crippen molar-refractivity contribution in [2.45, 2.75) is 38.5 Å². The van der Waals surface area contributed by atoms with Gasteiger partial charge >= 0.3 is 5.97 Å². The average molecular weight is 185 g/mol. The summed E-state index contributed by atoms with van der Waals surface area (Å²) in [5, 5.41) is 19.8. The maximum atomic E-state index is 10.5. The van der Waals surface area contributed by atoms with Crippen molar-refractivity contribution >= 4 is 11.7 Å². The van der Waals surface area contributed by atoms with E-state index in [9.17, 15) is 4.79 Å². The summed E-state index contributed by atoms with van der Waals surface area (Å²) in [5.41, 5.74) is -0.105. The summed E-state index contributed by atoms with van der Waals surface area (Å²) in [6.07, 6.45) is 6.12. The number of hydrogen-bond donors (Lipinski definition) is 2. The van der Waals surface area contributed by atoms with Crippen LogP contribution in [-0.2, 0) is 4.79 Å². The van der Waals surface area contributed by atoms with Crippen molar-refractivity contribution in [1.29, 1.82) is 0 Å². The lowest BCUT2D eigenvalue weighted by Crippen LogP contribution is -2.19. The molecular weight excluding hydrogens is 170 g/mol. The van der Waals surface area contributed by atoms with E-state index in [1.807, 2.05) is 0 Å². The molecule has 1 aliphatic carbocycles. The van der Waals surface area contributed by atoms with E-state index in [0.29, 0.717) is 12.3 Å². The first-order chi connectivity index (χ1) is 6.24. The molecule has 1 rings (SSSR count). The molecule has 0 aromatic carbocycles. The summed E-state index contributed by atoms with van der Waals surface area (Å²) in [7, 11) is 0. The van der Waals surface area contributed by atoms with Crippen LogP contribution in [0.5, 0.6) is 0 Å². The number of rotatable bonds is 3. The molecule has 0 aliphatic heterocycles. The van der Waals surface area contributed by atoms with Crippen molar-refractivity contribution in [1.82, 2.24) is 0 Å². The molecule has 0 aromatic heterocycles. The fourth-order valence-electron chi connectivity index (χ4n) is 1.84. The third-order valence-electron chi connectivity index (χ3n) is 2.57. The molecule has 1 fully saturated rings. The number of nitrogens with zero attached hydrogens (tertiary/aromatic N) is 1. The van der Waals surface area contributed by atoms with Crippen molar-refractivity contribution in [3.63, 3.8) is 0 Å². The minimum Gasteiger partial charge on any atom is -0.477 e. The van der Waals surface area contributed by atoms with Gasteiger partial charge in [-0.05, 0) is 5.92 Å². The lowest BCUT2D eigenvalue weighted by molar-refractivity contribution is -0.129. The fraction of sp³-hybridized carbons (Fsp3) is 0.778. The Hall–Kier alpha value is -1.06. The van der Waals surface area contributed by atoms with Crippen LogP contribution >= 0.6 is 0 Å². The van der Waals surface area contributed by atoms with Crippen molar-refractivity contribution in [2.24, 2.45) is 11.1 Å². The Bertz CT molecular complexity index is 207. The topological polar surface area (TPSA) is 69.9 Å². The van der Waals surface area contributed by atoms with Crippen LogP contribution in [-0.4, -0.2) is 22.0 Å². The molecule has 1 saturated carbocycles. The zero-order valence-electron chi connectivity index (χ0n) is 7.57. The smallest absolute Gasteiger partial charge is 0.353 e. The summed E-state index contributed by atoms with van der Waals surface area (Å²) in [5.74, 6) is -0.705. The molecule has 0 radical (unpaired) electrons. The Labute approximate surface area is 77.3 Å². The SMILES string of the molecule is O=C(O)/C(CC1CCCCC1)=N\O. The van der Waals surface area contributed by atoms with Crippen molar-refractivity contribution in [2.75, 3.05) is 0 Å². The molecule has 13 heavy (non-hydrogen) atoms. The minimum atomic E-state index is -1.10. The predicted molar refractivity (Wildman–Crippen MR) is 48.0 cm³/mol. The van der Waals surface area contributed by atoms with E-state index in [0.717, 1.165) is 12.8 Å². The first-order valence-electron chi connectivity index (χ1n) is 4.68. The quantitative estimate of drug-likeness (QED) is 0.400. The Morgan fingerprint density at radius 1 is 1.31 bits per heavy atom. The van der Waals surface area contributed by atoms with E-state index in [-0.39, 0.29) is 5.71 Å². The van der Waals surface area contributed by atoms with Crippen molar-refractivity contribution < 1.29 is 15.1 Å². The number of carboxylic acids is 1. The van der Waals surface area contributed by atoms with Crippen molar-refractivity contribution in [3.05, 3.63) is 0 Å². The Morgan fingerprint density at radius 3 is 2.38 bits per heavy atom. The predicted octanol–water partition coefficient (Wildman–Crippen LogP) is 1.87. The standard InChI is InChI=1S/C9H15NO3/c11-9(12)8(10-13)6-7-4-2-1-3-5-7/h7,13H,1-6H2,(H,11,12)/b10-8-. The maximum Gasteiger partial charge on any atom is 0.353 e. The zero-order chi connectivity index (χ0) is 9.68. The van der Waals surface area contributed by atoms with Gasteiger partial charge in [-0.2, -0.15) is 0 Å². The number of aliphatic carboxylic acids is 1. The monoisotopic (exact) mass is 185 g/mol. The van der Waals surface area contributed by atoms with Gasteiger partial charge in [0.25, 0.3) is 0 Å². The molecule has 0 amide bonds. The lowest BCUT2D eigenvalue weighted by Gasteiger charge is -2.20. The molecule has 74 valence electrons. The second-order valence-corrected chi connectivity index (χ2v) is 3.56. The molecular formula is C9H15NO3. The second kappa shape index (κ2) is 4.84. The second-order valence-electron chi connectivity index (χ2n) is 3.56. The van der Waals surface area contributed by atoms with Crippen LogP contribution in [0.25, 0.3) is 0 Å². The third-order valence-corrected chi connectivity index (χ3v) is 2.57. The summed E-state index contributed by atoms with van der Waals surface area (Å²) < 4.78 is 0. The molecule has 0 bridgehead atoms. The van der Waals surface area contributed by atoms with Crippen LogP contribution in [0.4, 0.5) is 0 Å². The normalized spacial score (nSPS) is 20.2. The van der Waals surface area contributed by atoms with E-state index in [1.165, 1.54) is 19.3 Å². The minimum absolute atomic E-state index is 0.105. The van der Waals surface area contributed by atoms with E-state index < -0.39 is 5.97 Å². The van der Waals surface area contributed by atoms with Gasteiger partial charge in [0.05, 0.1) is 0 Å². The van der Waals surface area contributed by atoms with E-state index in [4.69, 9.17) is 10.3 Å². The Morgan fingerprint density at radius 2 is 1.92 bits per heavy atom. The summed E-state index contributed by atoms with van der Waals surface area (Å²) in [6, 6.07) is 0. The molecule has 4 heteroatoms. The van der Waals surface area contributed by atoms with Gasteiger partial charge in [0, 0.05) is 6.42 Å². The Kier molecular flexibility index (Phi) is 3.73. The molecule has 0 atom stereocenters. The molecule has 0 saturated heterocycles. The van der Waals surface area contributed by atoms with Gasteiger partial charge < -0.3 is 10.3 Å². The zero-order valence-corrected chi connectivity index (χ0v) is 7.57. The maximum absolute atomic E-state index is 10.5. The summed E-state index contributed by atoms with van der Waals surface area (Å²) in [4.78, 5) is 10.5. The van der Waals surface area contributed by atoms with Gasteiger partial charge in [-0.25, -0.2) is 4.79 Å². The largest absolute Gasteiger partial charge is 0.477 e. The molecule has 4 nitrogen and oxygen atoms in total. The van der Waals surface area contributed by atoms with Crippen molar-refractivity contribution in [3.8, 4) is 0 Å². The van der Waals surface area contributed by atoms with Gasteiger partial charge in [0.15, 0.2) is 5.71 Å². The number of hydrogen-bond acceptors (Lipinski definition) is 3. The highest BCUT2D eigenvalue weighted by Gasteiger charge is 2.19. The van der Waals surface area contributed by atoms with Crippen LogP contribution in [0, 0.1) is 5.92 Å². The van der Waals surface area contributed by atoms with E-state index in [1.54, 1.807) is 0 Å². The van der Waals surface area contributed by atoms with Crippen LogP contribution in [0.3, 0.4) is 0 Å². The number of oxime groups is 1. The van der Waals surface area contributed by atoms with E-state index >= 15 is 0 Å². The van der Waals surface area contributed by atoms with Gasteiger partial charge in [-0.3, -0.25) is 0 Å². The van der Waals surface area contributed by atoms with Crippen LogP contribution in [0.2, 0.25) is 0 Å². The van der Waals surface area contributed by atoms with Crippen LogP contribution in [0.1, 0.15) is 38.5 Å². The lowest BCUT2D eigenvalue weighted by atomic mass is 9.86. The van der Waals surface area contributed by atoms with Gasteiger partial charge in [0.1, 0.15) is 0 Å². The van der Waals surface area contributed by atoms with Gasteiger partial charge in [-0.15, -0.1) is 0 Å². The third kappa shape index (κ3) is 3.05. The molecule has 0 aromatic rings. The first-order valence-corrected chi connectivity index (χ1v) is 4.68. The molecule has 1 aliphatic rings. The first kappa shape index (κ1) is 10.0. The number of carboxylic acid groups (broad SMARTS) is 1. The molecule has 0 spiro atoms. The summed E-state index contributed by atoms with van der Waals surface area (Å²) in [6.45, 7) is 0. The van der Waals surface area contributed by atoms with E-state index in [2.05, 4.69) is 5.16 Å². The molecule has 0 unspecified atom stereocenters. The van der Waals surface area contributed by atoms with Gasteiger partial charge in [0.2, 0.25) is 0 Å². The molecule has 0 heterocycles. The summed E-state index contributed by atoms with van der Waals surface area (Å²) >= 11 is 0. The highest BCUT2D eigenvalue weighted by molar-refractivity contribution is 6.35. The van der Waals surface area contributed by atoms with Crippen LogP contribution in [0.15, 0.2) is 5.16 Å². The van der Waals surface area contributed by atoms with Crippen LogP contribution < -0.4 is 0 Å². The number of carbonyl (C=O) groups is 1. The van der Waals surface area contributed by atoms with Gasteiger partial charge in [-0.1, -0.05) is 37.3 Å². The highest BCUT2D eigenvalue weighted by Crippen LogP contribution is 2.26.